The Morgan fingerprint density at radius 2 is 1.95 bits per heavy atom. The first kappa shape index (κ1) is 25.9. The fraction of sp³-hybridized carbons (Fsp3) is 0.385. The minimum Gasteiger partial charge on any atom is -0.421 e. The number of anilines is 1. The minimum absolute atomic E-state index is 0.356. The van der Waals surface area contributed by atoms with Crippen molar-refractivity contribution < 1.29 is 13.6 Å². The predicted molar refractivity (Wildman–Crippen MR) is 143 cm³/mol. The molecular weight excluding hydrogens is 507 g/mol. The van der Waals surface area contributed by atoms with Crippen molar-refractivity contribution in [3.63, 3.8) is 0 Å². The van der Waals surface area contributed by atoms with Crippen LogP contribution in [0.1, 0.15) is 49.1 Å². The molecule has 2 amide bonds. The molecule has 0 aliphatic heterocycles. The third-order valence-corrected chi connectivity index (χ3v) is 7.48. The van der Waals surface area contributed by atoms with E-state index < -0.39 is 6.67 Å². The van der Waals surface area contributed by atoms with Crippen molar-refractivity contribution in [3.05, 3.63) is 47.2 Å². The number of aryl methyl sites for hydroxylation is 1. The van der Waals surface area contributed by atoms with Crippen LogP contribution in [-0.4, -0.2) is 43.8 Å². The predicted octanol–water partition coefficient (Wildman–Crippen LogP) is 5.27. The Bertz CT molecular complexity index is 1420. The number of rotatable bonds is 9. The molecule has 0 unspecified atom stereocenters. The first-order chi connectivity index (χ1) is 18.5. The largest absolute Gasteiger partial charge is 0.421 e. The van der Waals surface area contributed by atoms with E-state index in [9.17, 15) is 9.18 Å². The summed E-state index contributed by atoms with van der Waals surface area (Å²) in [7, 11) is 0. The molecule has 4 aromatic heterocycles. The zero-order chi connectivity index (χ0) is 26.5. The van der Waals surface area contributed by atoms with Gasteiger partial charge < -0.3 is 15.1 Å². The summed E-state index contributed by atoms with van der Waals surface area (Å²) in [5.74, 6) is 1.16. The van der Waals surface area contributed by atoms with Crippen LogP contribution in [0.15, 0.2) is 35.1 Å². The second-order valence-electron chi connectivity index (χ2n) is 9.07. The number of urea groups is 1. The van der Waals surface area contributed by atoms with E-state index in [1.807, 2.05) is 13.0 Å². The number of nitrogens with zero attached hydrogens (tertiary/aromatic N) is 5. The molecule has 1 aliphatic carbocycles. The molecule has 3 N–H and O–H groups in total. The Labute approximate surface area is 223 Å². The standard InChI is InChI=1S/C26H29FN8O2S/c1-3-29-26(36)33-23-9-19(25-32-21(10-27)22(38-25)14-30-18-6-4-5-7-18)20(13-31-23)16-8-17(12-28-11-16)24-35-34-15(2)37-24/h8-9,11-13,18,30H,3-7,10,14H2,1-2H3,(H2,29,31,33,36). The van der Waals surface area contributed by atoms with Crippen LogP contribution < -0.4 is 16.0 Å². The molecule has 198 valence electrons. The number of carbonyl (C=O) groups is 1. The van der Waals surface area contributed by atoms with Gasteiger partial charge in [0.2, 0.25) is 11.8 Å². The van der Waals surface area contributed by atoms with Crippen LogP contribution in [0.2, 0.25) is 0 Å². The number of hydrogen-bond donors (Lipinski definition) is 3. The van der Waals surface area contributed by atoms with E-state index in [2.05, 4.69) is 41.1 Å². The van der Waals surface area contributed by atoms with Crippen LogP contribution in [0.4, 0.5) is 15.0 Å². The first-order valence-corrected chi connectivity index (χ1v) is 13.4. The summed E-state index contributed by atoms with van der Waals surface area (Å²) in [6.45, 7) is 3.95. The normalized spacial score (nSPS) is 13.7. The number of alkyl halides is 1. The number of hydrogen-bond acceptors (Lipinski definition) is 9. The molecule has 0 bridgehead atoms. The Balaban J connectivity index is 1.53. The van der Waals surface area contributed by atoms with Gasteiger partial charge in [-0.3, -0.25) is 10.3 Å². The van der Waals surface area contributed by atoms with E-state index in [0.717, 1.165) is 28.8 Å². The van der Waals surface area contributed by atoms with Crippen molar-refractivity contribution in [1.82, 2.24) is 35.8 Å². The highest BCUT2D eigenvalue weighted by Crippen LogP contribution is 2.38. The van der Waals surface area contributed by atoms with E-state index in [-0.39, 0.29) is 6.03 Å². The van der Waals surface area contributed by atoms with Gasteiger partial charge in [-0.2, -0.15) is 0 Å². The van der Waals surface area contributed by atoms with Crippen molar-refractivity contribution in [2.45, 2.75) is 58.8 Å². The van der Waals surface area contributed by atoms with Crippen molar-refractivity contribution in [2.75, 3.05) is 11.9 Å². The second kappa shape index (κ2) is 11.7. The number of amides is 2. The molecule has 38 heavy (non-hydrogen) atoms. The highest BCUT2D eigenvalue weighted by molar-refractivity contribution is 7.15. The van der Waals surface area contributed by atoms with E-state index in [1.54, 1.807) is 31.6 Å². The SMILES string of the molecule is CCNC(=O)Nc1cc(-c2nc(CF)c(CNC3CCCC3)s2)c(-c2cncc(-c3nnc(C)o3)c2)cn1. The molecule has 0 spiro atoms. The smallest absolute Gasteiger partial charge is 0.320 e. The zero-order valence-electron chi connectivity index (χ0n) is 21.3. The number of carbonyl (C=O) groups excluding carboxylic acids is 1. The molecule has 4 heterocycles. The monoisotopic (exact) mass is 536 g/mol. The van der Waals surface area contributed by atoms with Crippen molar-refractivity contribution in [3.8, 4) is 33.2 Å². The van der Waals surface area contributed by atoms with E-state index in [0.29, 0.717) is 58.6 Å². The first-order valence-electron chi connectivity index (χ1n) is 12.6. The van der Waals surface area contributed by atoms with Gasteiger partial charge in [0.25, 0.3) is 0 Å². The van der Waals surface area contributed by atoms with E-state index in [1.165, 1.54) is 24.2 Å². The highest BCUT2D eigenvalue weighted by atomic mass is 32.1. The molecule has 0 radical (unpaired) electrons. The van der Waals surface area contributed by atoms with Gasteiger partial charge in [0.05, 0.1) is 11.3 Å². The summed E-state index contributed by atoms with van der Waals surface area (Å²) in [5.41, 5.74) is 3.26. The summed E-state index contributed by atoms with van der Waals surface area (Å²) in [5, 5.41) is 17.6. The zero-order valence-corrected chi connectivity index (χ0v) is 22.1. The molecule has 0 aromatic carbocycles. The quantitative estimate of drug-likeness (QED) is 0.264. The van der Waals surface area contributed by atoms with Crippen LogP contribution in [-0.2, 0) is 13.2 Å². The average Bonchev–Trinajstić information content (AvgIpc) is 3.69. The third kappa shape index (κ3) is 5.86. The molecule has 1 saturated carbocycles. The molecule has 0 atom stereocenters. The van der Waals surface area contributed by atoms with Gasteiger partial charge in [-0.25, -0.2) is 19.2 Å². The van der Waals surface area contributed by atoms with Gasteiger partial charge in [-0.05, 0) is 31.9 Å². The lowest BCUT2D eigenvalue weighted by Crippen LogP contribution is -2.28. The maximum Gasteiger partial charge on any atom is 0.320 e. The van der Waals surface area contributed by atoms with Crippen LogP contribution in [0.25, 0.3) is 33.2 Å². The van der Waals surface area contributed by atoms with Crippen molar-refractivity contribution in [2.24, 2.45) is 0 Å². The Kier molecular flexibility index (Phi) is 7.99. The maximum absolute atomic E-state index is 14.0. The molecule has 10 nitrogen and oxygen atoms in total. The van der Waals surface area contributed by atoms with Crippen LogP contribution in [0.5, 0.6) is 0 Å². The topological polar surface area (TPSA) is 131 Å². The molecule has 1 fully saturated rings. The van der Waals surface area contributed by atoms with Gasteiger partial charge in [0, 0.05) is 66.2 Å². The third-order valence-electron chi connectivity index (χ3n) is 6.35. The molecule has 4 aromatic rings. The van der Waals surface area contributed by atoms with Gasteiger partial charge in [-0.15, -0.1) is 21.5 Å². The summed E-state index contributed by atoms with van der Waals surface area (Å²) >= 11 is 1.44. The molecule has 12 heteroatoms. The molecule has 0 saturated heterocycles. The summed E-state index contributed by atoms with van der Waals surface area (Å²) in [4.78, 5) is 26.5. The lowest BCUT2D eigenvalue weighted by atomic mass is 10.0. The number of pyridine rings is 2. The van der Waals surface area contributed by atoms with Crippen molar-refractivity contribution in [1.29, 1.82) is 0 Å². The fourth-order valence-electron chi connectivity index (χ4n) is 4.48. The van der Waals surface area contributed by atoms with Gasteiger partial charge in [-0.1, -0.05) is 12.8 Å². The van der Waals surface area contributed by atoms with Crippen LogP contribution in [0.3, 0.4) is 0 Å². The van der Waals surface area contributed by atoms with Crippen LogP contribution in [0, 0.1) is 6.92 Å². The number of aromatic nitrogens is 5. The lowest BCUT2D eigenvalue weighted by Gasteiger charge is -2.11. The highest BCUT2D eigenvalue weighted by Gasteiger charge is 2.21. The summed E-state index contributed by atoms with van der Waals surface area (Å²) in [6, 6.07) is 3.73. The minimum atomic E-state index is -0.657. The number of nitrogens with one attached hydrogen (secondary N) is 3. The van der Waals surface area contributed by atoms with Crippen molar-refractivity contribution >= 4 is 23.2 Å². The van der Waals surface area contributed by atoms with Gasteiger partial charge >= 0.3 is 6.03 Å². The maximum atomic E-state index is 14.0. The number of thiazole rings is 1. The van der Waals surface area contributed by atoms with E-state index in [4.69, 9.17) is 4.42 Å². The Morgan fingerprint density at radius 1 is 1.13 bits per heavy atom. The lowest BCUT2D eigenvalue weighted by molar-refractivity contribution is 0.252. The van der Waals surface area contributed by atoms with Crippen LogP contribution >= 0.6 is 11.3 Å². The fourth-order valence-corrected chi connectivity index (χ4v) is 5.52. The summed E-state index contributed by atoms with van der Waals surface area (Å²) < 4.78 is 19.6. The molecule has 1 aliphatic rings. The summed E-state index contributed by atoms with van der Waals surface area (Å²) in [6.07, 6.45) is 9.73. The average molecular weight is 537 g/mol. The molecule has 5 rings (SSSR count). The second-order valence-corrected chi connectivity index (χ2v) is 10.2. The Morgan fingerprint density at radius 3 is 2.68 bits per heavy atom. The van der Waals surface area contributed by atoms with Gasteiger partial charge in [0.15, 0.2) is 0 Å². The van der Waals surface area contributed by atoms with E-state index >= 15 is 0 Å². The molecular formula is C26H29FN8O2S. The Hall–Kier alpha value is -3.77. The van der Waals surface area contributed by atoms with Gasteiger partial charge in [0.1, 0.15) is 17.5 Å². The number of halogens is 1.